The summed E-state index contributed by atoms with van der Waals surface area (Å²) >= 11 is 0. The van der Waals surface area contributed by atoms with Gasteiger partial charge in [-0.1, -0.05) is 6.92 Å². The first kappa shape index (κ1) is 10.6. The number of rotatable bonds is 2. The monoisotopic (exact) mass is 208 g/mol. The number of carbonyl (C=O) groups excluding carboxylic acids is 1. The van der Waals surface area contributed by atoms with Crippen LogP contribution in [0.4, 0.5) is 4.39 Å². The van der Waals surface area contributed by atoms with E-state index in [1.165, 1.54) is 0 Å². The zero-order valence-corrected chi connectivity index (χ0v) is 8.36. The summed E-state index contributed by atoms with van der Waals surface area (Å²) in [5.41, 5.74) is -1.87. The van der Waals surface area contributed by atoms with Gasteiger partial charge in [0.2, 0.25) is 0 Å². The highest BCUT2D eigenvalue weighted by molar-refractivity contribution is 7.91. The third-order valence-electron chi connectivity index (χ3n) is 2.44. The lowest BCUT2D eigenvalue weighted by molar-refractivity contribution is -0.130. The van der Waals surface area contributed by atoms with Crippen LogP contribution in [0.3, 0.4) is 0 Å². The minimum atomic E-state index is -3.09. The first-order valence-corrected chi connectivity index (χ1v) is 6.14. The lowest BCUT2D eigenvalue weighted by Gasteiger charge is -2.27. The maximum absolute atomic E-state index is 13.7. The molecule has 76 valence electrons. The van der Waals surface area contributed by atoms with Gasteiger partial charge >= 0.3 is 0 Å². The second-order valence-corrected chi connectivity index (χ2v) is 5.70. The third-order valence-corrected chi connectivity index (χ3v) is 4.09. The molecule has 0 saturated carbocycles. The molecule has 0 aromatic rings. The largest absolute Gasteiger partial charge is 0.296 e. The Labute approximate surface area is 77.2 Å². The van der Waals surface area contributed by atoms with E-state index in [2.05, 4.69) is 0 Å². The molecule has 1 rings (SSSR count). The molecule has 0 N–H and O–H groups in total. The fraction of sp³-hybridized carbons (Fsp3) is 0.875. The average Bonchev–Trinajstić information content (AvgIpc) is 2.09. The second-order valence-electron chi connectivity index (χ2n) is 3.39. The van der Waals surface area contributed by atoms with Crippen LogP contribution in [0.1, 0.15) is 26.2 Å². The number of Topliss-reactive ketones (excluding diaryl/α,β-unsaturated/α-hetero) is 1. The van der Waals surface area contributed by atoms with E-state index < -0.39 is 21.3 Å². The van der Waals surface area contributed by atoms with E-state index in [0.29, 0.717) is 0 Å². The molecule has 0 aliphatic carbocycles. The lowest BCUT2D eigenvalue weighted by atomic mass is 9.92. The number of hydrogen-bond acceptors (Lipinski definition) is 3. The summed E-state index contributed by atoms with van der Waals surface area (Å²) < 4.78 is 35.6. The van der Waals surface area contributed by atoms with Gasteiger partial charge in [-0.25, -0.2) is 12.8 Å². The maximum atomic E-state index is 13.7. The number of hydrogen-bond donors (Lipinski definition) is 0. The Kier molecular flexibility index (Phi) is 2.75. The second kappa shape index (κ2) is 3.36. The van der Waals surface area contributed by atoms with Gasteiger partial charge in [-0.2, -0.15) is 0 Å². The fourth-order valence-electron chi connectivity index (χ4n) is 1.46. The van der Waals surface area contributed by atoms with Gasteiger partial charge in [0.1, 0.15) is 0 Å². The van der Waals surface area contributed by atoms with Gasteiger partial charge in [-0.05, 0) is 0 Å². The lowest BCUT2D eigenvalue weighted by Crippen LogP contribution is -2.41. The molecule has 5 heteroatoms. The number of sulfone groups is 1. The van der Waals surface area contributed by atoms with Crippen molar-refractivity contribution >= 4 is 15.6 Å². The molecule has 0 radical (unpaired) electrons. The Morgan fingerprint density at radius 1 is 1.38 bits per heavy atom. The van der Waals surface area contributed by atoms with Crippen molar-refractivity contribution in [3.8, 4) is 0 Å². The Morgan fingerprint density at radius 3 is 2.23 bits per heavy atom. The van der Waals surface area contributed by atoms with E-state index in [1.807, 2.05) is 0 Å². The molecule has 13 heavy (non-hydrogen) atoms. The highest BCUT2D eigenvalue weighted by Crippen LogP contribution is 2.29. The first-order chi connectivity index (χ1) is 5.90. The molecule has 0 atom stereocenters. The molecule has 0 spiro atoms. The Hall–Kier alpha value is -0.450. The van der Waals surface area contributed by atoms with Crippen LogP contribution in [-0.2, 0) is 14.6 Å². The van der Waals surface area contributed by atoms with E-state index in [0.717, 1.165) is 0 Å². The van der Waals surface area contributed by atoms with E-state index >= 15 is 0 Å². The topological polar surface area (TPSA) is 51.2 Å². The van der Waals surface area contributed by atoms with Crippen molar-refractivity contribution in [2.75, 3.05) is 11.5 Å². The van der Waals surface area contributed by atoms with Gasteiger partial charge in [0.15, 0.2) is 21.3 Å². The number of halogens is 1. The predicted molar refractivity (Wildman–Crippen MR) is 47.0 cm³/mol. The third kappa shape index (κ3) is 2.27. The van der Waals surface area contributed by atoms with Gasteiger partial charge in [-0.15, -0.1) is 0 Å². The molecule has 0 amide bonds. The van der Waals surface area contributed by atoms with E-state index in [1.54, 1.807) is 6.92 Å². The molecule has 1 aliphatic rings. The highest BCUT2D eigenvalue weighted by Gasteiger charge is 2.42. The Morgan fingerprint density at radius 2 is 1.85 bits per heavy atom. The Balaban J connectivity index is 2.72. The summed E-state index contributed by atoms with van der Waals surface area (Å²) in [6.45, 7) is 1.59. The van der Waals surface area contributed by atoms with Crippen LogP contribution in [0.15, 0.2) is 0 Å². The minimum Gasteiger partial charge on any atom is -0.296 e. The van der Waals surface area contributed by atoms with Crippen molar-refractivity contribution in [3.63, 3.8) is 0 Å². The van der Waals surface area contributed by atoms with Crippen LogP contribution in [-0.4, -0.2) is 31.4 Å². The molecule has 1 heterocycles. The fourth-order valence-corrected chi connectivity index (χ4v) is 2.93. The summed E-state index contributed by atoms with van der Waals surface area (Å²) in [4.78, 5) is 11.1. The minimum absolute atomic E-state index is 0.135. The van der Waals surface area contributed by atoms with Gasteiger partial charge in [0.25, 0.3) is 0 Å². The highest BCUT2D eigenvalue weighted by atomic mass is 32.2. The summed E-state index contributed by atoms with van der Waals surface area (Å²) in [6.07, 6.45) is -0.194. The number of ketones is 1. The average molecular weight is 208 g/mol. The number of carbonyl (C=O) groups is 1. The van der Waals surface area contributed by atoms with Crippen molar-refractivity contribution in [3.05, 3.63) is 0 Å². The van der Waals surface area contributed by atoms with Crippen LogP contribution in [0.25, 0.3) is 0 Å². The van der Waals surface area contributed by atoms with Gasteiger partial charge in [0.05, 0.1) is 11.5 Å². The standard InChI is InChI=1S/C8H13FO3S/c1-2-7(10)8(9)3-5-13(11,12)6-4-8/h2-6H2,1H3. The van der Waals surface area contributed by atoms with Gasteiger partial charge < -0.3 is 0 Å². The van der Waals surface area contributed by atoms with Crippen molar-refractivity contribution in [2.45, 2.75) is 31.9 Å². The number of alkyl halides is 1. The molecule has 3 nitrogen and oxygen atoms in total. The van der Waals surface area contributed by atoms with Crippen LogP contribution in [0.5, 0.6) is 0 Å². The first-order valence-electron chi connectivity index (χ1n) is 4.32. The Bertz CT molecular complexity index is 293. The summed E-state index contributed by atoms with van der Waals surface area (Å²) in [7, 11) is -3.09. The molecule has 0 bridgehead atoms. The molecule has 0 aromatic carbocycles. The summed E-state index contributed by atoms with van der Waals surface area (Å²) in [6, 6.07) is 0. The van der Waals surface area contributed by atoms with Crippen LogP contribution >= 0.6 is 0 Å². The van der Waals surface area contributed by atoms with E-state index in [9.17, 15) is 17.6 Å². The molecular formula is C8H13FO3S. The van der Waals surface area contributed by atoms with Crippen LogP contribution in [0.2, 0.25) is 0 Å². The van der Waals surface area contributed by atoms with E-state index in [-0.39, 0.29) is 30.8 Å². The van der Waals surface area contributed by atoms with Gasteiger partial charge in [-0.3, -0.25) is 4.79 Å². The molecule has 1 fully saturated rings. The summed E-state index contributed by atoms with van der Waals surface area (Å²) in [5, 5.41) is 0. The molecule has 1 saturated heterocycles. The van der Waals surface area contributed by atoms with Gasteiger partial charge in [0, 0.05) is 19.3 Å². The SMILES string of the molecule is CCC(=O)C1(F)CCS(=O)(=O)CC1. The normalized spacial score (nSPS) is 25.4. The summed E-state index contributed by atoms with van der Waals surface area (Å²) in [5.74, 6) is -0.868. The van der Waals surface area contributed by atoms with Crippen molar-refractivity contribution in [1.29, 1.82) is 0 Å². The van der Waals surface area contributed by atoms with Crippen LogP contribution in [0, 0.1) is 0 Å². The molecular weight excluding hydrogens is 195 g/mol. The molecule has 0 aromatic heterocycles. The maximum Gasteiger partial charge on any atom is 0.170 e. The van der Waals surface area contributed by atoms with E-state index in [4.69, 9.17) is 0 Å². The molecule has 0 unspecified atom stereocenters. The zero-order chi connectivity index (χ0) is 10.1. The quantitative estimate of drug-likeness (QED) is 0.677. The van der Waals surface area contributed by atoms with Crippen molar-refractivity contribution in [1.82, 2.24) is 0 Å². The predicted octanol–water partition coefficient (Wildman–Crippen LogP) is 0.882. The zero-order valence-electron chi connectivity index (χ0n) is 7.55. The molecule has 1 aliphatic heterocycles. The smallest absolute Gasteiger partial charge is 0.170 e. The van der Waals surface area contributed by atoms with Crippen LogP contribution < -0.4 is 0 Å². The van der Waals surface area contributed by atoms with Crippen molar-refractivity contribution in [2.24, 2.45) is 0 Å². The van der Waals surface area contributed by atoms with Crippen molar-refractivity contribution < 1.29 is 17.6 Å².